The van der Waals surface area contributed by atoms with Gasteiger partial charge in [0.15, 0.2) is 15.0 Å². The van der Waals surface area contributed by atoms with Crippen LogP contribution in [0.2, 0.25) is 0 Å². The number of anilines is 1. The molecule has 0 saturated heterocycles. The lowest BCUT2D eigenvalue weighted by molar-refractivity contribution is 0.102. The molecule has 0 unspecified atom stereocenters. The summed E-state index contributed by atoms with van der Waals surface area (Å²) in [5, 5.41) is 2.68. The van der Waals surface area contributed by atoms with Crippen molar-refractivity contribution in [3.63, 3.8) is 0 Å². The Kier molecular flexibility index (Phi) is 5.73. The molecule has 0 spiro atoms. The Morgan fingerprint density at radius 1 is 1.19 bits per heavy atom. The highest BCUT2D eigenvalue weighted by atomic mass is 32.2. The van der Waals surface area contributed by atoms with E-state index >= 15 is 0 Å². The minimum absolute atomic E-state index is 0.0487. The van der Waals surface area contributed by atoms with Crippen LogP contribution in [-0.2, 0) is 20.0 Å². The van der Waals surface area contributed by atoms with Crippen molar-refractivity contribution in [3.8, 4) is 5.75 Å². The van der Waals surface area contributed by atoms with Crippen LogP contribution < -0.4 is 9.50 Å². The summed E-state index contributed by atoms with van der Waals surface area (Å²) in [5.74, 6) is -0.420. The molecule has 0 atom stereocenters. The van der Waals surface area contributed by atoms with Crippen molar-refractivity contribution in [3.05, 3.63) is 35.5 Å². The van der Waals surface area contributed by atoms with Crippen LogP contribution in [0.15, 0.2) is 28.6 Å². The molecule has 0 aliphatic rings. The molecule has 1 N–H and O–H groups in total. The number of rotatable bonds is 6. The van der Waals surface area contributed by atoms with Gasteiger partial charge in [-0.1, -0.05) is 25.2 Å². The van der Waals surface area contributed by atoms with Crippen LogP contribution in [0, 0.1) is 0 Å². The second kappa shape index (κ2) is 7.33. The lowest BCUT2D eigenvalue weighted by atomic mass is 9.99. The van der Waals surface area contributed by atoms with Crippen LogP contribution in [0.4, 0.5) is 5.13 Å². The van der Waals surface area contributed by atoms with Gasteiger partial charge in [0.1, 0.15) is 9.96 Å². The third kappa shape index (κ3) is 5.26. The van der Waals surface area contributed by atoms with Crippen LogP contribution in [0.1, 0.15) is 35.7 Å². The summed E-state index contributed by atoms with van der Waals surface area (Å²) in [7, 11) is -7.08. The zero-order valence-corrected chi connectivity index (χ0v) is 17.0. The number of nitrogens with zero attached hydrogens (tertiary/aromatic N) is 1. The van der Waals surface area contributed by atoms with Gasteiger partial charge in [0.05, 0.1) is 12.5 Å². The zero-order chi connectivity index (χ0) is 19.7. The van der Waals surface area contributed by atoms with Gasteiger partial charge in [0.25, 0.3) is 5.91 Å². The number of carbonyl (C=O) groups excluding carboxylic acids is 1. The van der Waals surface area contributed by atoms with E-state index in [1.807, 2.05) is 13.8 Å². The van der Waals surface area contributed by atoms with E-state index in [2.05, 4.69) is 10.3 Å². The fourth-order valence-corrected chi connectivity index (χ4v) is 4.15. The average Bonchev–Trinajstić information content (AvgIpc) is 2.94. The van der Waals surface area contributed by atoms with Crippen LogP contribution >= 0.6 is 11.3 Å². The number of aromatic nitrogens is 1. The first-order chi connectivity index (χ1) is 11.9. The molecule has 1 aromatic heterocycles. The van der Waals surface area contributed by atoms with Crippen LogP contribution in [0.5, 0.6) is 5.75 Å². The Bertz CT molecular complexity index is 1040. The van der Waals surface area contributed by atoms with Crippen molar-refractivity contribution in [2.45, 2.75) is 24.0 Å². The molecule has 26 heavy (non-hydrogen) atoms. The highest BCUT2D eigenvalue weighted by molar-refractivity contribution is 7.92. The van der Waals surface area contributed by atoms with E-state index in [0.29, 0.717) is 5.56 Å². The number of hydrogen-bond donors (Lipinski definition) is 1. The quantitative estimate of drug-likeness (QED) is 0.715. The number of benzene rings is 1. The lowest BCUT2D eigenvalue weighted by Crippen LogP contribution is -2.13. The van der Waals surface area contributed by atoms with Gasteiger partial charge in [-0.2, -0.15) is 8.42 Å². The minimum Gasteiger partial charge on any atom is -0.382 e. The first-order valence-electron chi connectivity index (χ1n) is 7.37. The molecule has 1 heterocycles. The Labute approximate surface area is 156 Å². The highest BCUT2D eigenvalue weighted by Gasteiger charge is 2.18. The SMILES string of the molecule is CC(C)c1cc(C(=O)Nc2ncc(S(C)(=O)=O)s2)ccc1OS(C)(=O)=O. The van der Waals surface area contributed by atoms with Crippen molar-refractivity contribution >= 4 is 42.3 Å². The predicted octanol–water partition coefficient (Wildman–Crippen LogP) is 2.26. The van der Waals surface area contributed by atoms with E-state index in [1.165, 1.54) is 24.4 Å². The van der Waals surface area contributed by atoms with Crippen LogP contribution in [-0.4, -0.2) is 40.2 Å². The van der Waals surface area contributed by atoms with Gasteiger partial charge in [0.2, 0.25) is 0 Å². The lowest BCUT2D eigenvalue weighted by Gasteiger charge is -2.14. The van der Waals surface area contributed by atoms with Gasteiger partial charge in [-0.05, 0) is 29.7 Å². The van der Waals surface area contributed by atoms with Crippen LogP contribution in [0.25, 0.3) is 0 Å². The standard InChI is InChI=1S/C15H18N2O6S3/c1-9(2)11-7-10(5-6-12(11)23-26(4,21)22)14(18)17-15-16-8-13(24-15)25(3,19)20/h5-9H,1-4H3,(H,16,17,18). The largest absolute Gasteiger partial charge is 0.382 e. The smallest absolute Gasteiger partial charge is 0.306 e. The van der Waals surface area contributed by atoms with Gasteiger partial charge < -0.3 is 4.18 Å². The monoisotopic (exact) mass is 418 g/mol. The number of carbonyl (C=O) groups is 1. The average molecular weight is 419 g/mol. The van der Waals surface area contributed by atoms with E-state index in [0.717, 1.165) is 23.8 Å². The molecule has 0 saturated carbocycles. The van der Waals surface area contributed by atoms with Gasteiger partial charge in [-0.3, -0.25) is 10.1 Å². The Morgan fingerprint density at radius 3 is 2.35 bits per heavy atom. The number of nitrogens with one attached hydrogen (secondary N) is 1. The second-order valence-electron chi connectivity index (χ2n) is 5.91. The third-order valence-electron chi connectivity index (χ3n) is 3.21. The molecule has 8 nitrogen and oxygen atoms in total. The summed E-state index contributed by atoms with van der Waals surface area (Å²) in [4.78, 5) is 16.3. The van der Waals surface area contributed by atoms with E-state index in [1.54, 1.807) is 0 Å². The summed E-state index contributed by atoms with van der Waals surface area (Å²) in [5.41, 5.74) is 0.824. The molecule has 2 rings (SSSR count). The molecule has 11 heteroatoms. The summed E-state index contributed by atoms with van der Waals surface area (Å²) in [6.07, 6.45) is 3.18. The molecule has 0 radical (unpaired) electrons. The second-order valence-corrected chi connectivity index (χ2v) is 10.8. The maximum Gasteiger partial charge on any atom is 0.306 e. The summed E-state index contributed by atoms with van der Waals surface area (Å²) in [6.45, 7) is 3.68. The Morgan fingerprint density at radius 2 is 1.85 bits per heavy atom. The highest BCUT2D eigenvalue weighted by Crippen LogP contribution is 2.29. The molecule has 1 aromatic carbocycles. The molecule has 0 bridgehead atoms. The van der Waals surface area contributed by atoms with Crippen molar-refractivity contribution in [2.24, 2.45) is 0 Å². The number of sulfone groups is 1. The predicted molar refractivity (Wildman–Crippen MR) is 99.2 cm³/mol. The fourth-order valence-electron chi connectivity index (χ4n) is 2.04. The van der Waals surface area contributed by atoms with Crippen molar-refractivity contribution < 1.29 is 25.8 Å². The number of hydrogen-bond acceptors (Lipinski definition) is 8. The van der Waals surface area contributed by atoms with Crippen molar-refractivity contribution in [1.82, 2.24) is 4.98 Å². The third-order valence-corrected chi connectivity index (χ3v) is 6.39. The van der Waals surface area contributed by atoms with Crippen LogP contribution in [0.3, 0.4) is 0 Å². The van der Waals surface area contributed by atoms with E-state index in [-0.39, 0.29) is 26.6 Å². The maximum absolute atomic E-state index is 12.4. The molecule has 1 amide bonds. The van der Waals surface area contributed by atoms with Gasteiger partial charge >= 0.3 is 10.1 Å². The first kappa shape index (κ1) is 20.3. The molecule has 2 aromatic rings. The molecule has 0 aliphatic heterocycles. The van der Waals surface area contributed by atoms with E-state index < -0.39 is 25.9 Å². The van der Waals surface area contributed by atoms with Gasteiger partial charge in [0, 0.05) is 11.8 Å². The molecular weight excluding hydrogens is 400 g/mol. The molecule has 0 aliphatic carbocycles. The summed E-state index contributed by atoms with van der Waals surface area (Å²) >= 11 is 0.849. The Hall–Kier alpha value is -1.98. The summed E-state index contributed by atoms with van der Waals surface area (Å²) in [6, 6.07) is 4.37. The first-order valence-corrected chi connectivity index (χ1v) is 11.9. The van der Waals surface area contributed by atoms with Crippen molar-refractivity contribution in [2.75, 3.05) is 17.8 Å². The summed E-state index contributed by atoms with van der Waals surface area (Å²) < 4.78 is 50.7. The molecule has 142 valence electrons. The topological polar surface area (TPSA) is 120 Å². The molecular formula is C15H18N2O6S3. The number of thiazole rings is 1. The normalized spacial score (nSPS) is 12.2. The number of amides is 1. The maximum atomic E-state index is 12.4. The van der Waals surface area contributed by atoms with Crippen molar-refractivity contribution in [1.29, 1.82) is 0 Å². The Balaban J connectivity index is 2.29. The fraction of sp³-hybridized carbons (Fsp3) is 0.333. The van der Waals surface area contributed by atoms with Gasteiger partial charge in [-0.25, -0.2) is 13.4 Å². The van der Waals surface area contributed by atoms with E-state index in [4.69, 9.17) is 4.18 Å². The van der Waals surface area contributed by atoms with E-state index in [9.17, 15) is 21.6 Å². The van der Waals surface area contributed by atoms with Gasteiger partial charge in [-0.15, -0.1) is 0 Å². The minimum atomic E-state index is -3.69. The molecule has 0 fully saturated rings. The zero-order valence-electron chi connectivity index (χ0n) is 14.5.